The molecule has 24 heavy (non-hydrogen) atoms. The number of nitrogens with zero attached hydrogens (tertiary/aromatic N) is 2. The number of rotatable bonds is 6. The number of carbonyl (C=O) groups is 1. The van der Waals surface area contributed by atoms with Gasteiger partial charge in [0.25, 0.3) is 0 Å². The number of benzene rings is 1. The highest BCUT2D eigenvalue weighted by molar-refractivity contribution is 6.30. The maximum absolute atomic E-state index is 13.1. The van der Waals surface area contributed by atoms with E-state index in [1.807, 2.05) is 0 Å². The second kappa shape index (κ2) is 7.27. The van der Waals surface area contributed by atoms with Crippen LogP contribution in [0.15, 0.2) is 45.5 Å². The average molecular weight is 350 g/mol. The Morgan fingerprint density at radius 1 is 1.33 bits per heavy atom. The van der Waals surface area contributed by atoms with Crippen molar-refractivity contribution in [1.29, 1.82) is 0 Å². The van der Waals surface area contributed by atoms with Gasteiger partial charge in [-0.05, 0) is 29.8 Å². The third-order valence-corrected chi connectivity index (χ3v) is 3.54. The molecule has 0 atom stereocenters. The van der Waals surface area contributed by atoms with Gasteiger partial charge in [-0.25, -0.2) is 4.39 Å². The van der Waals surface area contributed by atoms with Crippen LogP contribution in [0.25, 0.3) is 11.6 Å². The van der Waals surface area contributed by atoms with Crippen molar-refractivity contribution >= 4 is 17.5 Å². The maximum atomic E-state index is 13.1. The number of nitrogens with one attached hydrogen (secondary N) is 1. The van der Waals surface area contributed by atoms with Gasteiger partial charge < -0.3 is 14.3 Å². The lowest BCUT2D eigenvalue weighted by atomic mass is 10.2. The summed E-state index contributed by atoms with van der Waals surface area (Å²) in [6.45, 7) is 0.264. The summed E-state index contributed by atoms with van der Waals surface area (Å²) in [7, 11) is 0. The van der Waals surface area contributed by atoms with E-state index in [4.69, 9.17) is 20.5 Å². The molecular weight excluding hydrogens is 337 g/mol. The van der Waals surface area contributed by atoms with Gasteiger partial charge in [0.05, 0.1) is 11.3 Å². The molecule has 1 N–H and O–H groups in total. The quantitative estimate of drug-likeness (QED) is 0.737. The van der Waals surface area contributed by atoms with Crippen molar-refractivity contribution in [3.8, 4) is 11.6 Å². The highest BCUT2D eigenvalue weighted by Crippen LogP contribution is 2.17. The fraction of sp³-hybridized carbons (Fsp3) is 0.188. The van der Waals surface area contributed by atoms with Crippen LogP contribution in [0, 0.1) is 5.82 Å². The minimum absolute atomic E-state index is 0.0260. The zero-order valence-corrected chi connectivity index (χ0v) is 13.2. The van der Waals surface area contributed by atoms with Crippen LogP contribution in [0.5, 0.6) is 0 Å². The van der Waals surface area contributed by atoms with Crippen LogP contribution in [-0.2, 0) is 17.8 Å². The molecule has 0 fully saturated rings. The largest absolute Gasteiger partial charge is 0.461 e. The van der Waals surface area contributed by atoms with Gasteiger partial charge in [-0.1, -0.05) is 22.8 Å². The molecule has 6 nitrogen and oxygen atoms in total. The van der Waals surface area contributed by atoms with Crippen molar-refractivity contribution in [3.63, 3.8) is 0 Å². The van der Waals surface area contributed by atoms with E-state index in [2.05, 4.69) is 15.5 Å². The van der Waals surface area contributed by atoms with Crippen LogP contribution in [-0.4, -0.2) is 16.0 Å². The summed E-state index contributed by atoms with van der Waals surface area (Å²) >= 11 is 5.69. The minimum atomic E-state index is -0.490. The van der Waals surface area contributed by atoms with Crippen molar-refractivity contribution < 1.29 is 18.1 Å². The van der Waals surface area contributed by atoms with Gasteiger partial charge in [-0.3, -0.25) is 4.79 Å². The zero-order chi connectivity index (χ0) is 16.9. The maximum Gasteiger partial charge on any atom is 0.238 e. The van der Waals surface area contributed by atoms with Crippen LogP contribution in [0.2, 0.25) is 5.02 Å². The molecule has 0 bridgehead atoms. The Morgan fingerprint density at radius 3 is 2.96 bits per heavy atom. The molecule has 0 aliphatic rings. The Hall–Kier alpha value is -2.67. The molecule has 0 spiro atoms. The van der Waals surface area contributed by atoms with Gasteiger partial charge in [0.2, 0.25) is 17.6 Å². The molecule has 3 aromatic rings. The lowest BCUT2D eigenvalue weighted by molar-refractivity contribution is -0.121. The predicted molar refractivity (Wildman–Crippen MR) is 83.6 cm³/mol. The monoisotopic (exact) mass is 349 g/mol. The lowest BCUT2D eigenvalue weighted by Crippen LogP contribution is -2.23. The van der Waals surface area contributed by atoms with E-state index in [1.165, 1.54) is 18.4 Å². The molecule has 0 unspecified atom stereocenters. The molecule has 0 saturated heterocycles. The Bertz CT molecular complexity index is 833. The molecule has 124 valence electrons. The molecular formula is C16H13ClFN3O3. The van der Waals surface area contributed by atoms with Crippen LogP contribution in [0.4, 0.5) is 4.39 Å². The summed E-state index contributed by atoms with van der Waals surface area (Å²) in [4.78, 5) is 16.0. The van der Waals surface area contributed by atoms with Crippen molar-refractivity contribution in [3.05, 3.63) is 58.9 Å². The second-order valence-corrected chi connectivity index (χ2v) is 5.42. The predicted octanol–water partition coefficient (Wildman–Crippen LogP) is 3.37. The molecule has 0 radical (unpaired) electrons. The van der Waals surface area contributed by atoms with Crippen LogP contribution < -0.4 is 5.32 Å². The van der Waals surface area contributed by atoms with Crippen molar-refractivity contribution in [2.24, 2.45) is 0 Å². The van der Waals surface area contributed by atoms with Gasteiger partial charge in [-0.15, -0.1) is 0 Å². The van der Waals surface area contributed by atoms with Gasteiger partial charge in [0, 0.05) is 19.4 Å². The standard InChI is InChI=1S/C16H13ClFN3O3/c17-11-8-10(3-4-12(11)18)9-19-14(22)5-6-15-20-16(21-24-15)13-2-1-7-23-13/h1-4,7-8H,5-6,9H2,(H,19,22). The summed E-state index contributed by atoms with van der Waals surface area (Å²) in [5.41, 5.74) is 0.715. The van der Waals surface area contributed by atoms with E-state index < -0.39 is 5.82 Å². The molecule has 1 amide bonds. The number of amides is 1. The molecule has 2 aromatic heterocycles. The first-order valence-corrected chi connectivity index (χ1v) is 7.56. The topological polar surface area (TPSA) is 81.2 Å². The minimum Gasteiger partial charge on any atom is -0.461 e. The molecule has 0 aliphatic carbocycles. The zero-order valence-electron chi connectivity index (χ0n) is 12.5. The highest BCUT2D eigenvalue weighted by Gasteiger charge is 2.12. The first-order valence-electron chi connectivity index (χ1n) is 7.19. The average Bonchev–Trinajstić information content (AvgIpc) is 3.25. The van der Waals surface area contributed by atoms with Crippen molar-refractivity contribution in [2.45, 2.75) is 19.4 Å². The number of carbonyl (C=O) groups excluding carboxylic acids is 1. The number of hydrogen-bond acceptors (Lipinski definition) is 5. The number of hydrogen-bond donors (Lipinski definition) is 1. The normalized spacial score (nSPS) is 10.8. The van der Waals surface area contributed by atoms with E-state index in [9.17, 15) is 9.18 Å². The van der Waals surface area contributed by atoms with Gasteiger partial charge in [0.15, 0.2) is 5.76 Å². The summed E-state index contributed by atoms with van der Waals surface area (Å²) in [5, 5.41) is 6.53. The SMILES string of the molecule is O=C(CCc1nc(-c2ccco2)no1)NCc1ccc(F)c(Cl)c1. The summed E-state index contributed by atoms with van der Waals surface area (Å²) in [6.07, 6.45) is 2.01. The molecule has 1 aromatic carbocycles. The fourth-order valence-corrected chi connectivity index (χ4v) is 2.22. The van der Waals surface area contributed by atoms with Gasteiger partial charge in [-0.2, -0.15) is 4.98 Å². The Morgan fingerprint density at radius 2 is 2.21 bits per heavy atom. The van der Waals surface area contributed by atoms with Crippen LogP contribution >= 0.6 is 11.6 Å². The van der Waals surface area contributed by atoms with Crippen LogP contribution in [0.3, 0.4) is 0 Å². The lowest BCUT2D eigenvalue weighted by Gasteiger charge is -2.05. The van der Waals surface area contributed by atoms with Crippen molar-refractivity contribution in [1.82, 2.24) is 15.5 Å². The first kappa shape index (κ1) is 16.2. The summed E-state index contributed by atoms with van der Waals surface area (Å²) < 4.78 is 23.3. The number of aromatic nitrogens is 2. The third kappa shape index (κ3) is 3.99. The fourth-order valence-electron chi connectivity index (χ4n) is 2.02. The Kier molecular flexibility index (Phi) is 4.90. The molecule has 0 aliphatic heterocycles. The highest BCUT2D eigenvalue weighted by atomic mass is 35.5. The number of aryl methyl sites for hydroxylation is 1. The van der Waals surface area contributed by atoms with E-state index in [0.29, 0.717) is 29.5 Å². The molecule has 2 heterocycles. The Labute approximate surface area is 141 Å². The van der Waals surface area contributed by atoms with E-state index >= 15 is 0 Å². The van der Waals surface area contributed by atoms with Crippen molar-refractivity contribution in [2.75, 3.05) is 0 Å². The molecule has 3 rings (SSSR count). The second-order valence-electron chi connectivity index (χ2n) is 5.01. The smallest absolute Gasteiger partial charge is 0.238 e. The first-order chi connectivity index (χ1) is 11.6. The van der Waals surface area contributed by atoms with E-state index in [0.717, 1.165) is 0 Å². The third-order valence-electron chi connectivity index (χ3n) is 3.25. The number of halogens is 2. The van der Waals surface area contributed by atoms with E-state index in [-0.39, 0.29) is 23.9 Å². The number of furan rings is 1. The van der Waals surface area contributed by atoms with Crippen LogP contribution in [0.1, 0.15) is 17.9 Å². The molecule has 0 saturated carbocycles. The summed E-state index contributed by atoms with van der Waals surface area (Å²) in [5.74, 6) is 0.518. The Balaban J connectivity index is 1.48. The summed E-state index contributed by atoms with van der Waals surface area (Å²) in [6, 6.07) is 7.74. The van der Waals surface area contributed by atoms with Gasteiger partial charge in [0.1, 0.15) is 5.82 Å². The van der Waals surface area contributed by atoms with E-state index in [1.54, 1.807) is 18.2 Å². The van der Waals surface area contributed by atoms with Gasteiger partial charge >= 0.3 is 0 Å². The molecule has 8 heteroatoms.